The summed E-state index contributed by atoms with van der Waals surface area (Å²) in [5, 5.41) is 5.31. The maximum absolute atomic E-state index is 12.9. The van der Waals surface area contributed by atoms with Gasteiger partial charge in [0.15, 0.2) is 5.78 Å². The van der Waals surface area contributed by atoms with Gasteiger partial charge in [-0.15, -0.1) is 0 Å². The number of urea groups is 1. The first kappa shape index (κ1) is 17.6. The lowest BCUT2D eigenvalue weighted by molar-refractivity contribution is -0.0498. The first-order valence-electron chi connectivity index (χ1n) is 7.88. The number of allylic oxidation sites excluding steroid dienone is 1. The third-order valence-electron chi connectivity index (χ3n) is 3.99. The maximum atomic E-state index is 12.9. The number of Topliss-reactive ketones (excluding diaryl/α,β-unsaturated/α-hetero) is 1. The molecule has 0 unspecified atom stereocenters. The predicted octanol–water partition coefficient (Wildman–Crippen LogP) is 3.80. The SMILES string of the molecule is CC1=C(C(=O)c2ccccc2)[C@H](c2ccc(OC(F)F)cc2)NC(=O)N1. The van der Waals surface area contributed by atoms with Crippen LogP contribution in [-0.4, -0.2) is 18.4 Å². The minimum atomic E-state index is -2.92. The van der Waals surface area contributed by atoms with E-state index in [2.05, 4.69) is 15.4 Å². The van der Waals surface area contributed by atoms with Crippen molar-refractivity contribution in [3.05, 3.63) is 77.0 Å². The minimum absolute atomic E-state index is 0.000600. The van der Waals surface area contributed by atoms with E-state index in [9.17, 15) is 18.4 Å². The molecule has 2 aromatic carbocycles. The zero-order chi connectivity index (χ0) is 18.7. The summed E-state index contributed by atoms with van der Waals surface area (Å²) < 4.78 is 28.9. The molecule has 1 aliphatic rings. The number of ether oxygens (including phenoxy) is 1. The third kappa shape index (κ3) is 3.72. The second-order valence-corrected chi connectivity index (χ2v) is 5.71. The van der Waals surface area contributed by atoms with E-state index in [0.717, 1.165) is 0 Å². The highest BCUT2D eigenvalue weighted by Crippen LogP contribution is 2.30. The molecule has 0 saturated carbocycles. The molecule has 2 aromatic rings. The predicted molar refractivity (Wildman–Crippen MR) is 91.0 cm³/mol. The van der Waals surface area contributed by atoms with Crippen molar-refractivity contribution < 1.29 is 23.1 Å². The Kier molecular flexibility index (Phi) is 4.97. The maximum Gasteiger partial charge on any atom is 0.387 e. The number of ketones is 1. The van der Waals surface area contributed by atoms with Crippen LogP contribution in [0.5, 0.6) is 5.75 Å². The van der Waals surface area contributed by atoms with Crippen molar-refractivity contribution in [1.29, 1.82) is 0 Å². The molecule has 2 N–H and O–H groups in total. The largest absolute Gasteiger partial charge is 0.435 e. The number of halogens is 2. The number of benzene rings is 2. The van der Waals surface area contributed by atoms with E-state index in [4.69, 9.17) is 0 Å². The number of hydrogen-bond donors (Lipinski definition) is 2. The van der Waals surface area contributed by atoms with E-state index in [1.807, 2.05) is 0 Å². The summed E-state index contributed by atoms with van der Waals surface area (Å²) in [4.78, 5) is 24.8. The quantitative estimate of drug-likeness (QED) is 0.799. The highest BCUT2D eigenvalue weighted by Gasteiger charge is 2.31. The zero-order valence-electron chi connectivity index (χ0n) is 13.8. The third-order valence-corrected chi connectivity index (χ3v) is 3.99. The lowest BCUT2D eigenvalue weighted by Crippen LogP contribution is -2.45. The van der Waals surface area contributed by atoms with Crippen LogP contribution in [0.3, 0.4) is 0 Å². The van der Waals surface area contributed by atoms with E-state index in [0.29, 0.717) is 22.4 Å². The van der Waals surface area contributed by atoms with Gasteiger partial charge in [0.1, 0.15) is 5.75 Å². The average Bonchev–Trinajstić information content (AvgIpc) is 2.61. The molecule has 7 heteroatoms. The van der Waals surface area contributed by atoms with Gasteiger partial charge in [-0.2, -0.15) is 8.78 Å². The molecule has 0 fully saturated rings. The first-order valence-corrected chi connectivity index (χ1v) is 7.88. The van der Waals surface area contributed by atoms with Gasteiger partial charge in [0.2, 0.25) is 0 Å². The summed E-state index contributed by atoms with van der Waals surface area (Å²) >= 11 is 0. The van der Waals surface area contributed by atoms with Gasteiger partial charge in [-0.1, -0.05) is 42.5 Å². The molecule has 2 amide bonds. The Morgan fingerprint density at radius 3 is 2.35 bits per heavy atom. The fourth-order valence-electron chi connectivity index (χ4n) is 2.83. The fourth-order valence-corrected chi connectivity index (χ4v) is 2.83. The summed E-state index contributed by atoms with van der Waals surface area (Å²) in [7, 11) is 0. The van der Waals surface area contributed by atoms with Crippen LogP contribution >= 0.6 is 0 Å². The van der Waals surface area contributed by atoms with Crippen LogP contribution in [-0.2, 0) is 0 Å². The Hall–Kier alpha value is -3.22. The van der Waals surface area contributed by atoms with Crippen molar-refractivity contribution >= 4 is 11.8 Å². The summed E-state index contributed by atoms with van der Waals surface area (Å²) in [5.41, 5.74) is 1.90. The van der Waals surface area contributed by atoms with Crippen LogP contribution in [0.15, 0.2) is 65.9 Å². The molecule has 26 heavy (non-hydrogen) atoms. The monoisotopic (exact) mass is 358 g/mol. The Morgan fingerprint density at radius 1 is 1.08 bits per heavy atom. The minimum Gasteiger partial charge on any atom is -0.435 e. The lowest BCUT2D eigenvalue weighted by Gasteiger charge is -2.28. The highest BCUT2D eigenvalue weighted by molar-refractivity contribution is 6.11. The van der Waals surface area contributed by atoms with Gasteiger partial charge in [-0.25, -0.2) is 4.79 Å². The molecule has 1 atom stereocenters. The van der Waals surface area contributed by atoms with Gasteiger partial charge in [-0.3, -0.25) is 4.79 Å². The number of carbonyl (C=O) groups excluding carboxylic acids is 2. The van der Waals surface area contributed by atoms with Crippen LogP contribution in [0.1, 0.15) is 28.9 Å². The molecule has 0 bridgehead atoms. The van der Waals surface area contributed by atoms with Gasteiger partial charge in [0, 0.05) is 16.8 Å². The Labute approximate surface area is 148 Å². The number of nitrogens with one attached hydrogen (secondary N) is 2. The van der Waals surface area contributed by atoms with Crippen molar-refractivity contribution in [1.82, 2.24) is 10.6 Å². The molecule has 0 saturated heterocycles. The summed E-state index contributed by atoms with van der Waals surface area (Å²) in [6.07, 6.45) is 0. The second-order valence-electron chi connectivity index (χ2n) is 5.71. The van der Waals surface area contributed by atoms with E-state index in [1.54, 1.807) is 49.4 Å². The van der Waals surface area contributed by atoms with Gasteiger partial charge in [-0.05, 0) is 24.6 Å². The van der Waals surface area contributed by atoms with E-state index < -0.39 is 18.7 Å². The number of alkyl halides is 2. The van der Waals surface area contributed by atoms with Gasteiger partial charge >= 0.3 is 12.6 Å². The smallest absolute Gasteiger partial charge is 0.387 e. The molecule has 0 aromatic heterocycles. The molecular weight excluding hydrogens is 342 g/mol. The number of hydrogen-bond acceptors (Lipinski definition) is 3. The molecular formula is C19H16F2N2O3. The Morgan fingerprint density at radius 2 is 1.73 bits per heavy atom. The van der Waals surface area contributed by atoms with Crippen LogP contribution in [0.25, 0.3) is 0 Å². The van der Waals surface area contributed by atoms with Crippen LogP contribution < -0.4 is 15.4 Å². The van der Waals surface area contributed by atoms with Crippen LogP contribution in [0.2, 0.25) is 0 Å². The van der Waals surface area contributed by atoms with Crippen molar-refractivity contribution in [2.45, 2.75) is 19.6 Å². The zero-order valence-corrected chi connectivity index (χ0v) is 13.8. The van der Waals surface area contributed by atoms with E-state index in [-0.39, 0.29) is 11.5 Å². The molecule has 0 aliphatic carbocycles. The van der Waals surface area contributed by atoms with Crippen molar-refractivity contribution in [3.63, 3.8) is 0 Å². The fraction of sp³-hybridized carbons (Fsp3) is 0.158. The summed E-state index contributed by atoms with van der Waals surface area (Å²) in [6.45, 7) is -1.27. The molecule has 134 valence electrons. The molecule has 1 aliphatic heterocycles. The van der Waals surface area contributed by atoms with Crippen molar-refractivity contribution in [2.24, 2.45) is 0 Å². The highest BCUT2D eigenvalue weighted by atomic mass is 19.3. The molecule has 3 rings (SSSR count). The number of rotatable bonds is 5. The van der Waals surface area contributed by atoms with Crippen LogP contribution in [0.4, 0.5) is 13.6 Å². The Bertz CT molecular complexity index is 849. The number of amides is 2. The topological polar surface area (TPSA) is 67.4 Å². The molecule has 5 nitrogen and oxygen atoms in total. The Balaban J connectivity index is 1.96. The van der Waals surface area contributed by atoms with Crippen molar-refractivity contribution in [2.75, 3.05) is 0 Å². The van der Waals surface area contributed by atoms with Crippen LogP contribution in [0, 0.1) is 0 Å². The lowest BCUT2D eigenvalue weighted by atomic mass is 9.89. The number of carbonyl (C=O) groups is 2. The average molecular weight is 358 g/mol. The van der Waals surface area contributed by atoms with Gasteiger partial charge in [0.25, 0.3) is 0 Å². The van der Waals surface area contributed by atoms with Gasteiger partial charge in [0.05, 0.1) is 6.04 Å². The molecule has 1 heterocycles. The normalized spacial score (nSPS) is 16.9. The molecule has 0 radical (unpaired) electrons. The first-order chi connectivity index (χ1) is 12.5. The summed E-state index contributed by atoms with van der Waals surface area (Å²) in [5.74, 6) is -0.228. The molecule has 0 spiro atoms. The van der Waals surface area contributed by atoms with E-state index in [1.165, 1.54) is 12.1 Å². The summed E-state index contributed by atoms with van der Waals surface area (Å²) in [6, 6.07) is 13.4. The van der Waals surface area contributed by atoms with Crippen molar-refractivity contribution in [3.8, 4) is 5.75 Å². The van der Waals surface area contributed by atoms with E-state index >= 15 is 0 Å². The standard InChI is InChI=1S/C19H16F2N2O3/c1-11-15(17(24)13-5-3-2-4-6-13)16(23-19(25)22-11)12-7-9-14(10-8-12)26-18(20)21/h2-10,16,18H,1H3,(H2,22,23,25)/t16-/m0/s1. The van der Waals surface area contributed by atoms with Gasteiger partial charge < -0.3 is 15.4 Å². The second kappa shape index (κ2) is 7.35.